The van der Waals surface area contributed by atoms with E-state index in [-0.39, 0.29) is 18.3 Å². The molecule has 0 spiro atoms. The van der Waals surface area contributed by atoms with Crippen molar-refractivity contribution in [2.24, 2.45) is 5.41 Å². The molecule has 1 aromatic heterocycles. The molecule has 1 aromatic carbocycles. The molecule has 0 amide bonds. The van der Waals surface area contributed by atoms with Crippen molar-refractivity contribution in [1.82, 2.24) is 4.98 Å². The van der Waals surface area contributed by atoms with Gasteiger partial charge in [0, 0.05) is 21.9 Å². The molecule has 166 valence electrons. The van der Waals surface area contributed by atoms with E-state index in [0.29, 0.717) is 21.4 Å². The highest BCUT2D eigenvalue weighted by Crippen LogP contribution is 2.31. The highest BCUT2D eigenvalue weighted by molar-refractivity contribution is 9.10. The number of nitrogens with zero attached hydrogens (tertiary/aromatic N) is 1. The van der Waals surface area contributed by atoms with E-state index in [1.54, 1.807) is 26.8 Å². The first-order valence-corrected chi connectivity index (χ1v) is 10.9. The Morgan fingerprint density at radius 2 is 1.71 bits per heavy atom. The standard InChI is InChI=1S/C25H28BrF2NO2/c1-24(2,3)10-9-20-7-8-21(26)23(29-20)17(14-22(30)31-25(4,5)6)11-16-12-18(27)15-19(28)13-16/h7-8,12-13,15,17H,11,14H2,1-6H3/t17-/m1/s1. The van der Waals surface area contributed by atoms with Crippen molar-refractivity contribution in [1.29, 1.82) is 0 Å². The lowest BCUT2D eigenvalue weighted by molar-refractivity contribution is -0.155. The van der Waals surface area contributed by atoms with Gasteiger partial charge in [0.05, 0.1) is 12.1 Å². The molecule has 0 saturated carbocycles. The van der Waals surface area contributed by atoms with Crippen molar-refractivity contribution in [3.8, 4) is 11.8 Å². The Hall–Kier alpha value is -2.26. The second kappa shape index (κ2) is 9.91. The zero-order valence-corrected chi connectivity index (χ0v) is 20.4. The maximum absolute atomic E-state index is 13.7. The lowest BCUT2D eigenvalue weighted by Crippen LogP contribution is -2.25. The molecule has 2 aromatic rings. The quantitative estimate of drug-likeness (QED) is 0.350. The predicted molar refractivity (Wildman–Crippen MR) is 122 cm³/mol. The van der Waals surface area contributed by atoms with Crippen molar-refractivity contribution >= 4 is 21.9 Å². The summed E-state index contributed by atoms with van der Waals surface area (Å²) in [5, 5.41) is 0. The molecule has 3 nitrogen and oxygen atoms in total. The number of ether oxygens (including phenoxy) is 1. The zero-order chi connectivity index (χ0) is 23.4. The molecule has 0 aliphatic carbocycles. The number of benzene rings is 1. The molecule has 0 bridgehead atoms. The molecule has 31 heavy (non-hydrogen) atoms. The molecule has 1 heterocycles. The van der Waals surface area contributed by atoms with Crippen LogP contribution in [0.4, 0.5) is 8.78 Å². The van der Waals surface area contributed by atoms with Crippen LogP contribution in [0.15, 0.2) is 34.8 Å². The molecule has 0 fully saturated rings. The Kier molecular flexibility index (Phi) is 7.99. The van der Waals surface area contributed by atoms with Gasteiger partial charge in [-0.1, -0.05) is 5.92 Å². The van der Waals surface area contributed by atoms with E-state index in [1.807, 2.05) is 26.8 Å². The summed E-state index contributed by atoms with van der Waals surface area (Å²) in [5.74, 6) is 4.01. The summed E-state index contributed by atoms with van der Waals surface area (Å²) in [6.45, 7) is 11.4. The summed E-state index contributed by atoms with van der Waals surface area (Å²) in [6.07, 6.45) is 0.229. The van der Waals surface area contributed by atoms with Gasteiger partial charge in [0.15, 0.2) is 0 Å². The average molecular weight is 492 g/mol. The lowest BCUT2D eigenvalue weighted by atomic mass is 9.92. The van der Waals surface area contributed by atoms with Crippen LogP contribution in [0.2, 0.25) is 0 Å². The molecule has 0 saturated heterocycles. The molecule has 0 N–H and O–H groups in total. The van der Waals surface area contributed by atoms with Crippen LogP contribution >= 0.6 is 15.9 Å². The largest absolute Gasteiger partial charge is 0.460 e. The summed E-state index contributed by atoms with van der Waals surface area (Å²) >= 11 is 3.50. The predicted octanol–water partition coefficient (Wildman–Crippen LogP) is 6.58. The highest BCUT2D eigenvalue weighted by Gasteiger charge is 2.25. The number of halogens is 3. The van der Waals surface area contributed by atoms with E-state index in [9.17, 15) is 13.6 Å². The summed E-state index contributed by atoms with van der Waals surface area (Å²) in [5.41, 5.74) is 0.760. The fourth-order valence-corrected chi connectivity index (χ4v) is 3.47. The van der Waals surface area contributed by atoms with Crippen LogP contribution in [0.25, 0.3) is 0 Å². The second-order valence-corrected chi connectivity index (χ2v) is 10.4. The van der Waals surface area contributed by atoms with Crippen LogP contribution in [0.3, 0.4) is 0 Å². The Bertz CT molecular complexity index is 991. The number of aromatic nitrogens is 1. The van der Waals surface area contributed by atoms with Gasteiger partial charge in [-0.25, -0.2) is 13.8 Å². The summed E-state index contributed by atoms with van der Waals surface area (Å²) in [6, 6.07) is 6.97. The summed E-state index contributed by atoms with van der Waals surface area (Å²) in [4.78, 5) is 17.2. The van der Waals surface area contributed by atoms with E-state index in [0.717, 1.165) is 6.07 Å². The van der Waals surface area contributed by atoms with Gasteiger partial charge < -0.3 is 4.74 Å². The molecule has 1 atom stereocenters. The Morgan fingerprint density at radius 3 is 2.26 bits per heavy atom. The second-order valence-electron chi connectivity index (χ2n) is 9.53. The highest BCUT2D eigenvalue weighted by atomic mass is 79.9. The molecular formula is C25H28BrF2NO2. The summed E-state index contributed by atoms with van der Waals surface area (Å²) < 4.78 is 33.7. The monoisotopic (exact) mass is 491 g/mol. The SMILES string of the molecule is CC(C)(C)C#Cc1ccc(Br)c([C@@H](CC(=O)OC(C)(C)C)Cc2cc(F)cc(F)c2)n1. The number of pyridine rings is 1. The van der Waals surface area contributed by atoms with Crippen LogP contribution in [0.1, 0.15) is 70.8 Å². The lowest BCUT2D eigenvalue weighted by Gasteiger charge is -2.23. The number of hydrogen-bond donors (Lipinski definition) is 0. The zero-order valence-electron chi connectivity index (χ0n) is 18.8. The van der Waals surface area contributed by atoms with Gasteiger partial charge in [0.25, 0.3) is 0 Å². The van der Waals surface area contributed by atoms with Crippen LogP contribution < -0.4 is 0 Å². The Morgan fingerprint density at radius 1 is 1.10 bits per heavy atom. The molecule has 6 heteroatoms. The first kappa shape index (κ1) is 25.0. The first-order chi connectivity index (χ1) is 14.2. The third kappa shape index (κ3) is 8.78. The van der Waals surface area contributed by atoms with Gasteiger partial charge in [-0.05, 0) is 99.6 Å². The van der Waals surface area contributed by atoms with Crippen molar-refractivity contribution in [3.63, 3.8) is 0 Å². The number of carbonyl (C=O) groups is 1. The van der Waals surface area contributed by atoms with Gasteiger partial charge in [-0.15, -0.1) is 0 Å². The van der Waals surface area contributed by atoms with E-state index in [4.69, 9.17) is 4.74 Å². The Labute approximate surface area is 191 Å². The molecule has 2 rings (SSSR count). The van der Waals surface area contributed by atoms with Gasteiger partial charge in [-0.3, -0.25) is 4.79 Å². The van der Waals surface area contributed by atoms with Crippen molar-refractivity contribution < 1.29 is 18.3 Å². The number of esters is 1. The van der Waals surface area contributed by atoms with Gasteiger partial charge >= 0.3 is 5.97 Å². The first-order valence-electron chi connectivity index (χ1n) is 10.1. The number of carbonyl (C=O) groups excluding carboxylic acids is 1. The molecule has 0 unspecified atom stereocenters. The van der Waals surface area contributed by atoms with Crippen molar-refractivity contribution in [3.05, 3.63) is 63.4 Å². The third-order valence-electron chi connectivity index (χ3n) is 4.06. The smallest absolute Gasteiger partial charge is 0.306 e. The maximum atomic E-state index is 13.7. The summed E-state index contributed by atoms with van der Waals surface area (Å²) in [7, 11) is 0. The van der Waals surface area contributed by atoms with Gasteiger partial charge in [0.2, 0.25) is 0 Å². The normalized spacial score (nSPS) is 12.7. The fraction of sp³-hybridized carbons (Fsp3) is 0.440. The maximum Gasteiger partial charge on any atom is 0.306 e. The van der Waals surface area contributed by atoms with Crippen molar-refractivity contribution in [2.75, 3.05) is 0 Å². The van der Waals surface area contributed by atoms with Crippen LogP contribution in [-0.2, 0) is 16.0 Å². The molecule has 0 aliphatic rings. The van der Waals surface area contributed by atoms with Crippen molar-refractivity contribution in [2.45, 2.75) is 65.9 Å². The number of rotatable bonds is 5. The minimum absolute atomic E-state index is 0.0111. The minimum atomic E-state index is -0.664. The topological polar surface area (TPSA) is 39.2 Å². The van der Waals surface area contributed by atoms with E-state index < -0.39 is 29.1 Å². The van der Waals surface area contributed by atoms with Crippen LogP contribution in [-0.4, -0.2) is 16.6 Å². The van der Waals surface area contributed by atoms with Crippen LogP contribution in [0.5, 0.6) is 0 Å². The Balaban J connectivity index is 2.45. The van der Waals surface area contributed by atoms with E-state index in [2.05, 4.69) is 32.8 Å². The molecular weight excluding hydrogens is 464 g/mol. The van der Waals surface area contributed by atoms with E-state index in [1.165, 1.54) is 12.1 Å². The van der Waals surface area contributed by atoms with Gasteiger partial charge in [0.1, 0.15) is 22.9 Å². The molecule has 0 aliphatic heterocycles. The number of hydrogen-bond acceptors (Lipinski definition) is 3. The van der Waals surface area contributed by atoms with Gasteiger partial charge in [-0.2, -0.15) is 0 Å². The average Bonchev–Trinajstić information content (AvgIpc) is 2.57. The molecule has 0 radical (unpaired) electrons. The van der Waals surface area contributed by atoms with E-state index >= 15 is 0 Å². The minimum Gasteiger partial charge on any atom is -0.460 e. The fourth-order valence-electron chi connectivity index (χ4n) is 2.93. The van der Waals surface area contributed by atoms with Crippen LogP contribution in [0, 0.1) is 28.9 Å². The third-order valence-corrected chi connectivity index (χ3v) is 4.73.